The minimum absolute atomic E-state index is 0.0486. The Labute approximate surface area is 65.3 Å². The fourth-order valence-corrected chi connectivity index (χ4v) is 2.71. The van der Waals surface area contributed by atoms with Crippen LogP contribution in [0.1, 0.15) is 0 Å². The van der Waals surface area contributed by atoms with Crippen molar-refractivity contribution in [1.29, 1.82) is 0 Å². The van der Waals surface area contributed by atoms with Crippen LogP contribution in [0.5, 0.6) is 0 Å². The summed E-state index contributed by atoms with van der Waals surface area (Å²) in [6.45, 7) is 1.59. The molecule has 5 heteroatoms. The molecule has 1 N–H and O–H groups in total. The third-order valence-corrected chi connectivity index (χ3v) is 3.61. The Bertz CT molecular complexity index is 183. The van der Waals surface area contributed by atoms with E-state index >= 15 is 0 Å². The zero-order valence-corrected chi connectivity index (χ0v) is 7.05. The minimum atomic E-state index is -2.20. The Morgan fingerprint density at radius 3 is 2.09 bits per heavy atom. The molecule has 64 valence electrons. The van der Waals surface area contributed by atoms with Crippen LogP contribution in [0.3, 0.4) is 0 Å². The van der Waals surface area contributed by atoms with Gasteiger partial charge in [-0.05, 0) is 6.30 Å². The maximum Gasteiger partial charge on any atom is 0.250 e. The zero-order valence-electron chi connectivity index (χ0n) is 6.15. The van der Waals surface area contributed by atoms with Crippen LogP contribution in [0.4, 0.5) is 0 Å². The molecule has 0 atom stereocenters. The quantitative estimate of drug-likeness (QED) is 0.584. The highest BCUT2D eigenvalue weighted by Gasteiger charge is 2.45. The van der Waals surface area contributed by atoms with Gasteiger partial charge in [-0.2, -0.15) is 0 Å². The molecule has 0 aromatic carbocycles. The van der Waals surface area contributed by atoms with Gasteiger partial charge in [-0.3, -0.25) is 0 Å². The van der Waals surface area contributed by atoms with Crippen LogP contribution < -0.4 is 0 Å². The standard InChI is InChI=1S/C6H11O4P/c1-11-8-3-6(2-7,4-9-11)5-10-11/h7H,1-5H2. The van der Waals surface area contributed by atoms with Gasteiger partial charge in [-0.25, -0.2) is 0 Å². The van der Waals surface area contributed by atoms with E-state index in [1.54, 1.807) is 0 Å². The maximum atomic E-state index is 9.00. The van der Waals surface area contributed by atoms with Gasteiger partial charge in [-0.1, -0.05) is 0 Å². The van der Waals surface area contributed by atoms with Crippen LogP contribution in [0.25, 0.3) is 0 Å². The predicted octanol–water partition coefficient (Wildman–Crippen LogP) is 0.237. The van der Waals surface area contributed by atoms with E-state index in [0.29, 0.717) is 19.8 Å². The number of aliphatic hydroxyl groups excluding tert-OH is 1. The minimum Gasteiger partial charge on any atom is -0.396 e. The molecule has 0 radical (unpaired) electrons. The lowest BCUT2D eigenvalue weighted by molar-refractivity contribution is -0.0990. The van der Waals surface area contributed by atoms with Gasteiger partial charge in [0.1, 0.15) is 0 Å². The Kier molecular flexibility index (Phi) is 1.63. The maximum absolute atomic E-state index is 9.00. The molecule has 0 unspecified atom stereocenters. The van der Waals surface area contributed by atoms with Gasteiger partial charge in [0.2, 0.25) is 0 Å². The monoisotopic (exact) mass is 178 g/mol. The lowest BCUT2D eigenvalue weighted by Gasteiger charge is -2.46. The van der Waals surface area contributed by atoms with Crippen molar-refractivity contribution >= 4 is 13.9 Å². The van der Waals surface area contributed by atoms with Crippen molar-refractivity contribution in [3.05, 3.63) is 0 Å². The van der Waals surface area contributed by atoms with Gasteiger partial charge >= 0.3 is 0 Å². The summed E-state index contributed by atoms with van der Waals surface area (Å²) >= 11 is 0. The number of rotatable bonds is 1. The summed E-state index contributed by atoms with van der Waals surface area (Å²) in [4.78, 5) is 0. The molecule has 2 bridgehead atoms. The van der Waals surface area contributed by atoms with Crippen LogP contribution in [-0.2, 0) is 13.6 Å². The summed E-state index contributed by atoms with van der Waals surface area (Å²) in [5.74, 6) is 0. The van der Waals surface area contributed by atoms with Crippen LogP contribution in [0, 0.1) is 5.41 Å². The molecule has 3 saturated heterocycles. The van der Waals surface area contributed by atoms with Crippen molar-refractivity contribution in [1.82, 2.24) is 0 Å². The van der Waals surface area contributed by atoms with Crippen molar-refractivity contribution in [3.63, 3.8) is 0 Å². The first kappa shape index (κ1) is 7.77. The second kappa shape index (κ2) is 2.31. The lowest BCUT2D eigenvalue weighted by Crippen LogP contribution is -2.47. The van der Waals surface area contributed by atoms with E-state index in [0.717, 1.165) is 0 Å². The highest BCUT2D eigenvalue weighted by atomic mass is 31.2. The SMILES string of the molecule is C=P12OCC(CO)(CO1)CO2. The molecular formula is C6H11O4P. The van der Waals surface area contributed by atoms with Crippen LogP contribution in [0.15, 0.2) is 0 Å². The van der Waals surface area contributed by atoms with E-state index in [4.69, 9.17) is 18.7 Å². The van der Waals surface area contributed by atoms with E-state index in [-0.39, 0.29) is 12.0 Å². The second-order valence-corrected chi connectivity index (χ2v) is 5.09. The Morgan fingerprint density at radius 2 is 1.73 bits per heavy atom. The normalized spacial score (nSPS) is 49.5. The molecule has 0 aromatic rings. The molecule has 0 aliphatic carbocycles. The number of hydrogen-bond acceptors (Lipinski definition) is 4. The summed E-state index contributed by atoms with van der Waals surface area (Å²) in [6.07, 6.45) is 3.71. The van der Waals surface area contributed by atoms with Gasteiger partial charge in [0.25, 0.3) is 7.57 Å². The first-order valence-electron chi connectivity index (χ1n) is 3.46. The van der Waals surface area contributed by atoms with Crippen LogP contribution >= 0.6 is 7.57 Å². The number of hydrogen-bond donors (Lipinski definition) is 1. The summed E-state index contributed by atoms with van der Waals surface area (Å²) in [6, 6.07) is 0. The Hall–Kier alpha value is 0.140. The number of aliphatic hydroxyl groups is 1. The largest absolute Gasteiger partial charge is 0.396 e. The number of fused-ring (bicyclic) bond motifs is 3. The molecule has 4 nitrogen and oxygen atoms in total. The average molecular weight is 178 g/mol. The molecule has 0 amide bonds. The molecule has 0 saturated carbocycles. The Balaban J connectivity index is 2.18. The second-order valence-electron chi connectivity index (χ2n) is 3.09. The molecule has 3 heterocycles. The van der Waals surface area contributed by atoms with Crippen molar-refractivity contribution in [2.75, 3.05) is 26.4 Å². The molecule has 3 fully saturated rings. The first-order valence-corrected chi connectivity index (χ1v) is 5.19. The fourth-order valence-electron chi connectivity index (χ4n) is 1.08. The highest BCUT2D eigenvalue weighted by Crippen LogP contribution is 2.59. The molecule has 11 heavy (non-hydrogen) atoms. The van der Waals surface area contributed by atoms with E-state index in [1.165, 1.54) is 0 Å². The molecule has 3 aliphatic heterocycles. The molecule has 3 aliphatic rings. The van der Waals surface area contributed by atoms with Gasteiger partial charge in [0.05, 0.1) is 31.8 Å². The molecule has 0 aromatic heterocycles. The third kappa shape index (κ3) is 1.15. The van der Waals surface area contributed by atoms with E-state index < -0.39 is 7.57 Å². The fraction of sp³-hybridized carbons (Fsp3) is 0.833. The third-order valence-electron chi connectivity index (χ3n) is 2.04. The lowest BCUT2D eigenvalue weighted by atomic mass is 9.93. The van der Waals surface area contributed by atoms with Gasteiger partial charge in [0.15, 0.2) is 0 Å². The molecule has 0 spiro atoms. The summed E-state index contributed by atoms with van der Waals surface area (Å²) in [5, 5.41) is 9.00. The Morgan fingerprint density at radius 1 is 1.27 bits per heavy atom. The first-order chi connectivity index (χ1) is 5.18. The van der Waals surface area contributed by atoms with Crippen molar-refractivity contribution in [2.24, 2.45) is 5.41 Å². The van der Waals surface area contributed by atoms with Crippen molar-refractivity contribution in [2.45, 2.75) is 0 Å². The van der Waals surface area contributed by atoms with Gasteiger partial charge in [-0.15, -0.1) is 0 Å². The van der Waals surface area contributed by atoms with Crippen LogP contribution in [-0.4, -0.2) is 37.8 Å². The summed E-state index contributed by atoms with van der Waals surface area (Å²) in [5.41, 5.74) is -0.320. The van der Waals surface area contributed by atoms with Crippen molar-refractivity contribution < 1.29 is 18.7 Å². The van der Waals surface area contributed by atoms with Crippen molar-refractivity contribution in [3.8, 4) is 0 Å². The van der Waals surface area contributed by atoms with Gasteiger partial charge in [0, 0.05) is 0 Å². The topological polar surface area (TPSA) is 47.9 Å². The van der Waals surface area contributed by atoms with E-state index in [9.17, 15) is 0 Å². The average Bonchev–Trinajstić information content (AvgIpc) is 2.07. The highest BCUT2D eigenvalue weighted by molar-refractivity contribution is 7.59. The van der Waals surface area contributed by atoms with E-state index in [2.05, 4.69) is 6.30 Å². The van der Waals surface area contributed by atoms with Gasteiger partial charge < -0.3 is 18.7 Å². The smallest absolute Gasteiger partial charge is 0.250 e. The summed E-state index contributed by atoms with van der Waals surface area (Å²) in [7, 11) is -2.20. The van der Waals surface area contributed by atoms with Crippen LogP contribution in [0.2, 0.25) is 0 Å². The molecule has 3 rings (SSSR count). The molecular weight excluding hydrogens is 167 g/mol. The predicted molar refractivity (Wildman–Crippen MR) is 41.4 cm³/mol. The zero-order chi connectivity index (χ0) is 7.95. The summed E-state index contributed by atoms with van der Waals surface area (Å²) < 4.78 is 15.8. The van der Waals surface area contributed by atoms with E-state index in [1.807, 2.05) is 0 Å².